The van der Waals surface area contributed by atoms with Crippen LogP contribution in [0.5, 0.6) is 0 Å². The Hall–Kier alpha value is -3.27. The van der Waals surface area contributed by atoms with Gasteiger partial charge in [-0.15, -0.1) is 11.3 Å². The van der Waals surface area contributed by atoms with Gasteiger partial charge in [0.25, 0.3) is 5.91 Å². The number of thiazole rings is 1. The van der Waals surface area contributed by atoms with Gasteiger partial charge in [-0.3, -0.25) is 19.7 Å². The van der Waals surface area contributed by atoms with Gasteiger partial charge in [0.15, 0.2) is 11.7 Å². The van der Waals surface area contributed by atoms with Gasteiger partial charge >= 0.3 is 11.9 Å². The van der Waals surface area contributed by atoms with E-state index < -0.39 is 24.5 Å². The zero-order valence-electron chi connectivity index (χ0n) is 15.7. The third-order valence-corrected chi connectivity index (χ3v) is 4.98. The number of anilines is 2. The molecule has 1 aliphatic rings. The molecule has 0 unspecified atom stereocenters. The number of nitrogens with zero attached hydrogens (tertiary/aromatic N) is 2. The van der Waals surface area contributed by atoms with Crippen LogP contribution in [0.2, 0.25) is 0 Å². The number of esters is 2. The number of amides is 2. The lowest BCUT2D eigenvalue weighted by atomic mass is 10.2. The van der Waals surface area contributed by atoms with Gasteiger partial charge in [0, 0.05) is 24.0 Å². The molecular formula is C19H19N3O6S. The summed E-state index contributed by atoms with van der Waals surface area (Å²) in [5.74, 6) is -1.56. The molecule has 2 amide bonds. The summed E-state index contributed by atoms with van der Waals surface area (Å²) in [6, 6.07) is 6.47. The Bertz CT molecular complexity index is 924. The van der Waals surface area contributed by atoms with E-state index in [9.17, 15) is 19.2 Å². The number of aromatic nitrogens is 1. The van der Waals surface area contributed by atoms with E-state index in [-0.39, 0.29) is 17.9 Å². The second-order valence-electron chi connectivity index (χ2n) is 6.22. The van der Waals surface area contributed by atoms with Gasteiger partial charge < -0.3 is 14.4 Å². The maximum Gasteiger partial charge on any atom is 0.338 e. The van der Waals surface area contributed by atoms with Crippen molar-refractivity contribution in [2.24, 2.45) is 0 Å². The van der Waals surface area contributed by atoms with E-state index in [0.29, 0.717) is 23.8 Å². The summed E-state index contributed by atoms with van der Waals surface area (Å²) in [6.07, 6.45) is 1.36. The average Bonchev–Trinajstić information content (AvgIpc) is 3.34. The summed E-state index contributed by atoms with van der Waals surface area (Å²) in [7, 11) is 1.28. The van der Waals surface area contributed by atoms with Gasteiger partial charge in [0.2, 0.25) is 5.91 Å². The Morgan fingerprint density at radius 1 is 1.24 bits per heavy atom. The molecule has 2 heterocycles. The number of nitrogens with one attached hydrogen (secondary N) is 1. The van der Waals surface area contributed by atoms with Crippen molar-refractivity contribution in [3.8, 4) is 0 Å². The highest BCUT2D eigenvalue weighted by Gasteiger charge is 2.22. The molecule has 0 bridgehead atoms. The van der Waals surface area contributed by atoms with E-state index in [2.05, 4.69) is 15.0 Å². The summed E-state index contributed by atoms with van der Waals surface area (Å²) in [4.78, 5) is 52.8. The van der Waals surface area contributed by atoms with Crippen LogP contribution in [0.25, 0.3) is 0 Å². The van der Waals surface area contributed by atoms with Crippen LogP contribution in [0.3, 0.4) is 0 Å². The Morgan fingerprint density at radius 3 is 2.66 bits per heavy atom. The van der Waals surface area contributed by atoms with Crippen LogP contribution in [0.1, 0.15) is 28.9 Å². The SMILES string of the molecule is COC(=O)Cc1csc(NC(=O)COC(=O)c2ccc(N3CCCC3=O)cc2)n1. The number of hydrogen-bond donors (Lipinski definition) is 1. The summed E-state index contributed by atoms with van der Waals surface area (Å²) < 4.78 is 9.56. The van der Waals surface area contributed by atoms with E-state index in [1.165, 1.54) is 7.11 Å². The summed E-state index contributed by atoms with van der Waals surface area (Å²) >= 11 is 1.15. The molecule has 0 spiro atoms. The van der Waals surface area contributed by atoms with Crippen molar-refractivity contribution in [1.29, 1.82) is 0 Å². The van der Waals surface area contributed by atoms with Crippen LogP contribution in [0.15, 0.2) is 29.6 Å². The molecule has 1 aliphatic heterocycles. The molecule has 1 fully saturated rings. The molecule has 9 nitrogen and oxygen atoms in total. The maximum atomic E-state index is 12.1. The molecule has 0 radical (unpaired) electrons. The van der Waals surface area contributed by atoms with Gasteiger partial charge in [-0.05, 0) is 30.7 Å². The first-order valence-electron chi connectivity index (χ1n) is 8.85. The summed E-state index contributed by atoms with van der Waals surface area (Å²) in [5.41, 5.74) is 1.49. The lowest BCUT2D eigenvalue weighted by molar-refractivity contribution is -0.139. The molecule has 0 atom stereocenters. The van der Waals surface area contributed by atoms with Crippen LogP contribution < -0.4 is 10.2 Å². The van der Waals surface area contributed by atoms with Crippen LogP contribution in [-0.2, 0) is 30.3 Å². The van der Waals surface area contributed by atoms with E-state index in [1.807, 2.05) is 0 Å². The van der Waals surface area contributed by atoms with Gasteiger partial charge in [-0.2, -0.15) is 0 Å². The molecule has 3 rings (SSSR count). The normalized spacial score (nSPS) is 13.3. The molecule has 1 aromatic carbocycles. The van der Waals surface area contributed by atoms with Gasteiger partial charge in [-0.25, -0.2) is 9.78 Å². The second-order valence-corrected chi connectivity index (χ2v) is 7.08. The van der Waals surface area contributed by atoms with E-state index >= 15 is 0 Å². The zero-order valence-corrected chi connectivity index (χ0v) is 16.5. The smallest absolute Gasteiger partial charge is 0.338 e. The van der Waals surface area contributed by atoms with Gasteiger partial charge in [0.05, 0.1) is 24.8 Å². The minimum absolute atomic E-state index is 0.0108. The summed E-state index contributed by atoms with van der Waals surface area (Å²) in [5, 5.41) is 4.43. The number of hydrogen-bond acceptors (Lipinski definition) is 8. The standard InChI is InChI=1S/C19H19N3O6S/c1-27-17(25)9-13-11-29-19(20-13)21-15(23)10-28-18(26)12-4-6-14(7-5-12)22-8-2-3-16(22)24/h4-7,11H,2-3,8-10H2,1H3,(H,20,21,23). The summed E-state index contributed by atoms with van der Waals surface area (Å²) in [6.45, 7) is 0.192. The Labute approximate surface area is 170 Å². The predicted molar refractivity (Wildman–Crippen MR) is 105 cm³/mol. The van der Waals surface area contributed by atoms with Crippen molar-refractivity contribution in [3.05, 3.63) is 40.9 Å². The fraction of sp³-hybridized carbons (Fsp3) is 0.316. The highest BCUT2D eigenvalue weighted by Crippen LogP contribution is 2.22. The van der Waals surface area contributed by atoms with Crippen molar-refractivity contribution in [2.45, 2.75) is 19.3 Å². The Morgan fingerprint density at radius 2 is 2.00 bits per heavy atom. The highest BCUT2D eigenvalue weighted by molar-refractivity contribution is 7.13. The van der Waals surface area contributed by atoms with Crippen LogP contribution in [0, 0.1) is 0 Å². The fourth-order valence-electron chi connectivity index (χ4n) is 2.73. The number of ether oxygens (including phenoxy) is 2. The topological polar surface area (TPSA) is 115 Å². The predicted octanol–water partition coefficient (Wildman–Crippen LogP) is 1.78. The van der Waals surface area contributed by atoms with Crippen LogP contribution in [-0.4, -0.2) is 49.0 Å². The molecule has 152 valence electrons. The van der Waals surface area contributed by atoms with Crippen molar-refractivity contribution in [2.75, 3.05) is 30.5 Å². The third kappa shape index (κ3) is 5.38. The van der Waals surface area contributed by atoms with Gasteiger partial charge in [-0.1, -0.05) is 0 Å². The van der Waals surface area contributed by atoms with Crippen molar-refractivity contribution < 1.29 is 28.7 Å². The average molecular weight is 417 g/mol. The number of methoxy groups -OCH3 is 1. The van der Waals surface area contributed by atoms with Crippen LogP contribution >= 0.6 is 11.3 Å². The fourth-order valence-corrected chi connectivity index (χ4v) is 3.46. The Kier molecular flexibility index (Phi) is 6.55. The second kappa shape index (κ2) is 9.28. The molecular weight excluding hydrogens is 398 g/mol. The third-order valence-electron chi connectivity index (χ3n) is 4.17. The van der Waals surface area contributed by atoms with E-state index in [1.54, 1.807) is 34.5 Å². The molecule has 0 aliphatic carbocycles. The lowest BCUT2D eigenvalue weighted by Crippen LogP contribution is -2.23. The first kappa shape index (κ1) is 20.5. The number of carbonyl (C=O) groups excluding carboxylic acids is 4. The zero-order chi connectivity index (χ0) is 20.8. The molecule has 0 saturated carbocycles. The van der Waals surface area contributed by atoms with Crippen molar-refractivity contribution in [3.63, 3.8) is 0 Å². The highest BCUT2D eigenvalue weighted by atomic mass is 32.1. The Balaban J connectivity index is 1.48. The quantitative estimate of drug-likeness (QED) is 0.683. The minimum atomic E-state index is -0.648. The first-order valence-corrected chi connectivity index (χ1v) is 9.73. The van der Waals surface area contributed by atoms with Gasteiger partial charge in [0.1, 0.15) is 0 Å². The van der Waals surface area contributed by atoms with Crippen LogP contribution in [0.4, 0.5) is 10.8 Å². The molecule has 29 heavy (non-hydrogen) atoms. The molecule has 10 heteroatoms. The lowest BCUT2D eigenvalue weighted by Gasteiger charge is -2.15. The minimum Gasteiger partial charge on any atom is -0.469 e. The maximum absolute atomic E-state index is 12.1. The number of carbonyl (C=O) groups is 4. The molecule has 2 aromatic rings. The van der Waals surface area contributed by atoms with E-state index in [4.69, 9.17) is 4.74 Å². The number of rotatable bonds is 7. The van der Waals surface area contributed by atoms with E-state index in [0.717, 1.165) is 23.4 Å². The monoisotopic (exact) mass is 417 g/mol. The van der Waals surface area contributed by atoms with Crippen molar-refractivity contribution >= 4 is 45.9 Å². The molecule has 1 aromatic heterocycles. The van der Waals surface area contributed by atoms with Crippen molar-refractivity contribution in [1.82, 2.24) is 4.98 Å². The molecule has 1 saturated heterocycles. The molecule has 1 N–H and O–H groups in total. The largest absolute Gasteiger partial charge is 0.469 e. The number of benzene rings is 1. The first-order chi connectivity index (χ1) is 14.0.